The molecule has 64 valence electrons. The molecule has 0 rings (SSSR count). The van der Waals surface area contributed by atoms with Gasteiger partial charge in [0.05, 0.1) is 0 Å². The van der Waals surface area contributed by atoms with Crippen LogP contribution in [0, 0.1) is 0 Å². The zero-order valence-corrected chi connectivity index (χ0v) is 16.1. The van der Waals surface area contributed by atoms with Crippen LogP contribution >= 0.6 is 0 Å². The van der Waals surface area contributed by atoms with Crippen LogP contribution in [-0.2, 0) is 20.8 Å². The molecule has 13 heteroatoms. The third-order valence-electron chi connectivity index (χ3n) is 0. The van der Waals surface area contributed by atoms with Gasteiger partial charge < -0.3 is 18.2 Å². The van der Waals surface area contributed by atoms with Crippen molar-refractivity contribution < 1.29 is 138 Å². The number of hydrogen-bond donors (Lipinski definition) is 0. The van der Waals surface area contributed by atoms with Crippen LogP contribution in [0.2, 0.25) is 0 Å². The van der Waals surface area contributed by atoms with Crippen molar-refractivity contribution in [1.82, 2.24) is 0 Å². The maximum Gasteiger partial charge on any atom is 2.00 e. The van der Waals surface area contributed by atoms with E-state index in [9.17, 15) is 0 Å². The molecule has 8 nitrogen and oxygen atoms in total. The first-order valence-corrected chi connectivity index (χ1v) is 4.00. The fraction of sp³-hybridized carbons (Fsp3) is 0. The molecule has 0 N–H and O–H groups in total. The minimum atomic E-state index is -5.17. The van der Waals surface area contributed by atoms with Crippen molar-refractivity contribution in [3.8, 4) is 0 Å². The van der Waals surface area contributed by atoms with E-state index in [0.717, 1.165) is 0 Å². The average Bonchev–Trinajstić information content (AvgIpc) is 1.12. The summed E-state index contributed by atoms with van der Waals surface area (Å²) in [5.41, 5.74) is 0. The average molecular weight is 295 g/mol. The van der Waals surface area contributed by atoms with Gasteiger partial charge in [0.15, 0.2) is 0 Å². The quantitative estimate of drug-likeness (QED) is 0.242. The molecule has 0 aliphatic rings. The first-order valence-electron chi connectivity index (χ1n) is 1.33. The molecule has 0 aromatic rings. The van der Waals surface area contributed by atoms with Crippen LogP contribution < -0.4 is 103 Å². The third kappa shape index (κ3) is 210. The molecule has 0 amide bonds. The van der Waals surface area contributed by atoms with Crippen LogP contribution in [0.5, 0.6) is 0 Å². The van der Waals surface area contributed by atoms with E-state index in [4.69, 9.17) is 35.0 Å². The van der Waals surface area contributed by atoms with Gasteiger partial charge in [0.1, 0.15) is 0 Å². The van der Waals surface area contributed by atoms with Crippen LogP contribution in [-0.4, -0.2) is 58.1 Å². The summed E-state index contributed by atoms with van der Waals surface area (Å²) in [5, 5.41) is 0. The Morgan fingerprint density at radius 1 is 0.615 bits per heavy atom. The summed E-state index contributed by atoms with van der Waals surface area (Å²) in [7, 11) is -10.3. The van der Waals surface area contributed by atoms with Gasteiger partial charge in [-0.25, -0.2) is 0 Å². The van der Waals surface area contributed by atoms with Crippen molar-refractivity contribution in [3.63, 3.8) is 0 Å². The first kappa shape index (κ1) is 30.1. The molecule has 0 heterocycles. The molecular weight excluding hydrogens is 295 g/mol. The predicted molar refractivity (Wildman–Crippen MR) is 26.7 cm³/mol. The molecule has 0 saturated heterocycles. The van der Waals surface area contributed by atoms with Gasteiger partial charge >= 0.3 is 126 Å². The maximum absolute atomic E-state index is 8.52. The van der Waals surface area contributed by atoms with E-state index in [1.807, 2.05) is 0 Å². The standard InChI is InChI=1S/2K.Mg.2H2O4S/c;;;2*1-5(2,3)4/h;;;2*(H2,1,2,3,4)/q2*+1;+2;;/p-4. The zero-order valence-electron chi connectivity index (χ0n) is 6.79. The van der Waals surface area contributed by atoms with Gasteiger partial charge in [-0.1, -0.05) is 0 Å². The third-order valence-corrected chi connectivity index (χ3v) is 0. The van der Waals surface area contributed by atoms with Crippen LogP contribution in [0.4, 0.5) is 0 Å². The molecule has 0 radical (unpaired) electrons. The largest absolute Gasteiger partial charge is 2.00 e. The van der Waals surface area contributed by atoms with E-state index in [2.05, 4.69) is 0 Å². The number of rotatable bonds is 0. The normalized spacial score (nSPS) is 8.92. The van der Waals surface area contributed by atoms with Crippen molar-refractivity contribution in [2.24, 2.45) is 0 Å². The summed E-state index contributed by atoms with van der Waals surface area (Å²) in [5.74, 6) is 0. The Balaban J connectivity index is -0.0000000267. The van der Waals surface area contributed by atoms with Crippen molar-refractivity contribution in [2.75, 3.05) is 0 Å². The van der Waals surface area contributed by atoms with Crippen LogP contribution in [0.1, 0.15) is 0 Å². The molecule has 0 spiro atoms. The molecule has 0 unspecified atom stereocenters. The Morgan fingerprint density at radius 2 is 0.615 bits per heavy atom. The van der Waals surface area contributed by atoms with E-state index in [1.165, 1.54) is 0 Å². The second-order valence-corrected chi connectivity index (χ2v) is 2.45. The van der Waals surface area contributed by atoms with Crippen LogP contribution in [0.25, 0.3) is 0 Å². The van der Waals surface area contributed by atoms with Crippen molar-refractivity contribution in [1.29, 1.82) is 0 Å². The SMILES string of the molecule is O=S(=O)([O-])[O-].O=S(=O)([O-])[O-].[K+].[K+].[Mg+2]. The summed E-state index contributed by atoms with van der Waals surface area (Å²) < 4.78 is 68.2. The van der Waals surface area contributed by atoms with E-state index >= 15 is 0 Å². The summed E-state index contributed by atoms with van der Waals surface area (Å²) in [6.45, 7) is 0. The van der Waals surface area contributed by atoms with Gasteiger partial charge in [-0.05, 0) is 0 Å². The second kappa shape index (κ2) is 13.8. The molecule has 0 atom stereocenters. The molecule has 13 heavy (non-hydrogen) atoms. The van der Waals surface area contributed by atoms with Gasteiger partial charge in [0.25, 0.3) is 0 Å². The van der Waals surface area contributed by atoms with Crippen molar-refractivity contribution in [3.05, 3.63) is 0 Å². The topological polar surface area (TPSA) is 161 Å². The molecule has 0 aliphatic carbocycles. The predicted octanol–water partition coefficient (Wildman–Crippen LogP) is -9.05. The van der Waals surface area contributed by atoms with Crippen molar-refractivity contribution >= 4 is 43.9 Å². The molecule has 0 aliphatic heterocycles. The molecule has 0 saturated carbocycles. The fourth-order valence-electron chi connectivity index (χ4n) is 0. The van der Waals surface area contributed by atoms with E-state index < -0.39 is 20.8 Å². The fourth-order valence-corrected chi connectivity index (χ4v) is 0. The maximum atomic E-state index is 8.52. The molecule has 0 bridgehead atoms. The zero-order chi connectivity index (χ0) is 9.00. The Morgan fingerprint density at radius 3 is 0.615 bits per heavy atom. The van der Waals surface area contributed by atoms with Crippen LogP contribution in [0.15, 0.2) is 0 Å². The minimum absolute atomic E-state index is 0. The Labute approximate surface area is 177 Å². The van der Waals surface area contributed by atoms with Crippen LogP contribution in [0.3, 0.4) is 0 Å². The van der Waals surface area contributed by atoms with Crippen molar-refractivity contribution in [2.45, 2.75) is 0 Å². The smallest absolute Gasteiger partial charge is 0.759 e. The molecular formula is K2MgO8S2. The van der Waals surface area contributed by atoms with Gasteiger partial charge in [-0.15, -0.1) is 0 Å². The minimum Gasteiger partial charge on any atom is -0.759 e. The Kier molecular flexibility index (Phi) is 32.1. The summed E-state index contributed by atoms with van der Waals surface area (Å²) in [6.07, 6.45) is 0. The Hall–Kier alpha value is 3.78. The first-order chi connectivity index (χ1) is 4.00. The van der Waals surface area contributed by atoms with Gasteiger partial charge in [-0.2, -0.15) is 0 Å². The van der Waals surface area contributed by atoms with E-state index in [0.29, 0.717) is 0 Å². The summed E-state index contributed by atoms with van der Waals surface area (Å²) >= 11 is 0. The summed E-state index contributed by atoms with van der Waals surface area (Å²) in [6, 6.07) is 0. The van der Waals surface area contributed by atoms with Gasteiger partial charge in [0.2, 0.25) is 0 Å². The van der Waals surface area contributed by atoms with E-state index in [1.54, 1.807) is 0 Å². The molecule has 0 aromatic heterocycles. The second-order valence-electron chi connectivity index (χ2n) is 0.816. The number of hydrogen-bond acceptors (Lipinski definition) is 8. The molecule has 0 aromatic carbocycles. The van der Waals surface area contributed by atoms with Gasteiger partial charge in [-0.3, -0.25) is 16.8 Å². The summed E-state index contributed by atoms with van der Waals surface area (Å²) in [4.78, 5) is 0. The Bertz CT molecular complexity index is 217. The van der Waals surface area contributed by atoms with E-state index in [-0.39, 0.29) is 126 Å². The monoisotopic (exact) mass is 294 g/mol. The molecule has 0 fully saturated rings. The van der Waals surface area contributed by atoms with Gasteiger partial charge in [0, 0.05) is 20.8 Å².